The van der Waals surface area contributed by atoms with Crippen LogP contribution in [0.25, 0.3) is 0 Å². The van der Waals surface area contributed by atoms with E-state index in [1.807, 2.05) is 0 Å². The Morgan fingerprint density at radius 3 is 1.35 bits per heavy atom. The van der Waals surface area contributed by atoms with Crippen molar-refractivity contribution in [1.82, 2.24) is 0 Å². The molecule has 1 atom stereocenters. The SMILES string of the molecule is CC/C=C/C/C=C/C/C=C/C/C=C/CCCCC(=O)O[C@@H](CO)COC(=O)CCCCC/C=C/C/C=C/C/C=C/C/C=C/CCCCC. The van der Waals surface area contributed by atoms with Crippen LogP contribution in [0.5, 0.6) is 0 Å². The molecule has 0 aliphatic rings. The molecule has 0 rings (SSSR count). The topological polar surface area (TPSA) is 72.8 Å². The highest BCUT2D eigenvalue weighted by atomic mass is 16.6. The summed E-state index contributed by atoms with van der Waals surface area (Å²) in [5.41, 5.74) is 0. The van der Waals surface area contributed by atoms with E-state index in [-0.39, 0.29) is 31.6 Å². The van der Waals surface area contributed by atoms with Gasteiger partial charge >= 0.3 is 11.9 Å². The molecule has 0 unspecified atom stereocenters. The number of hydrogen-bond donors (Lipinski definition) is 1. The van der Waals surface area contributed by atoms with Gasteiger partial charge in [-0.25, -0.2) is 0 Å². The minimum Gasteiger partial charge on any atom is -0.462 e. The molecule has 0 radical (unpaired) electrons. The molecule has 270 valence electrons. The Morgan fingerprint density at radius 2 is 0.896 bits per heavy atom. The van der Waals surface area contributed by atoms with Crippen molar-refractivity contribution in [2.75, 3.05) is 13.2 Å². The van der Waals surface area contributed by atoms with E-state index >= 15 is 0 Å². The molecule has 5 heteroatoms. The van der Waals surface area contributed by atoms with Crippen LogP contribution in [0.4, 0.5) is 0 Å². The van der Waals surface area contributed by atoms with E-state index in [1.165, 1.54) is 25.7 Å². The summed E-state index contributed by atoms with van der Waals surface area (Å²) >= 11 is 0. The molecule has 0 bridgehead atoms. The van der Waals surface area contributed by atoms with Crippen LogP contribution >= 0.6 is 0 Å². The van der Waals surface area contributed by atoms with Crippen molar-refractivity contribution in [3.8, 4) is 0 Å². The molecule has 0 aliphatic carbocycles. The van der Waals surface area contributed by atoms with E-state index in [9.17, 15) is 14.7 Å². The molecule has 0 saturated carbocycles. The van der Waals surface area contributed by atoms with Crippen LogP contribution in [0, 0.1) is 0 Å². The number of carbonyl (C=O) groups is 2. The van der Waals surface area contributed by atoms with Crippen LogP contribution in [0.1, 0.15) is 142 Å². The fraction of sp³-hybridized carbons (Fsp3) is 0.581. The molecule has 1 N–H and O–H groups in total. The Balaban J connectivity index is 3.75. The van der Waals surface area contributed by atoms with Crippen LogP contribution < -0.4 is 0 Å². The maximum Gasteiger partial charge on any atom is 0.306 e. The predicted octanol–water partition coefficient (Wildman–Crippen LogP) is 11.7. The second kappa shape index (κ2) is 38.3. The first-order valence-corrected chi connectivity index (χ1v) is 18.8. The third-order valence-electron chi connectivity index (χ3n) is 7.36. The highest BCUT2D eigenvalue weighted by molar-refractivity contribution is 5.70. The molecule has 0 aromatic heterocycles. The highest BCUT2D eigenvalue weighted by Crippen LogP contribution is 2.08. The van der Waals surface area contributed by atoms with Gasteiger partial charge in [0.1, 0.15) is 6.61 Å². The Kier molecular flexibility index (Phi) is 35.7. The van der Waals surface area contributed by atoms with Crippen molar-refractivity contribution in [1.29, 1.82) is 0 Å². The fourth-order valence-corrected chi connectivity index (χ4v) is 4.53. The Bertz CT molecular complexity index is 979. The number of aliphatic hydroxyl groups is 1. The minimum atomic E-state index is -0.812. The number of carbonyl (C=O) groups excluding carboxylic acids is 2. The number of unbranched alkanes of at least 4 members (excludes halogenated alkanes) is 8. The molecule has 48 heavy (non-hydrogen) atoms. The largest absolute Gasteiger partial charge is 0.462 e. The molecule has 5 nitrogen and oxygen atoms in total. The average molecular weight is 665 g/mol. The molecular formula is C43H68O5. The van der Waals surface area contributed by atoms with E-state index in [0.29, 0.717) is 6.42 Å². The number of aliphatic hydroxyl groups excluding tert-OH is 1. The predicted molar refractivity (Wildman–Crippen MR) is 205 cm³/mol. The molecule has 0 fully saturated rings. The summed E-state index contributed by atoms with van der Waals surface area (Å²) in [6.45, 7) is 3.90. The number of allylic oxidation sites excluding steroid dienone is 16. The summed E-state index contributed by atoms with van der Waals surface area (Å²) in [6.07, 6.45) is 53.2. The number of ether oxygens (including phenoxy) is 2. The van der Waals surface area contributed by atoms with Gasteiger partial charge in [-0.2, -0.15) is 0 Å². The van der Waals surface area contributed by atoms with Crippen molar-refractivity contribution in [3.63, 3.8) is 0 Å². The standard InChI is InChI=1S/C43H68O5/c1-3-5-7-9-11-13-15-17-19-20-21-22-24-25-27-29-31-33-35-37-42(45)47-40-41(39-44)48-43(46)38-36-34-32-30-28-26-23-18-16-14-12-10-8-6-4-2/h6,8,11-14,17-19,21-23,25,27-28,30,41,44H,3-5,7,9-10,15-16,20,24,26,29,31-40H2,1-2H3/b8-6+,13-11+,14-12+,19-17+,22-21+,23-18+,27-25+,30-28+/t41-/m0/s1. The molecule has 0 amide bonds. The molecular weight excluding hydrogens is 596 g/mol. The first-order valence-electron chi connectivity index (χ1n) is 18.8. The van der Waals surface area contributed by atoms with Gasteiger partial charge in [-0.05, 0) is 96.3 Å². The summed E-state index contributed by atoms with van der Waals surface area (Å²) in [4.78, 5) is 24.2. The van der Waals surface area contributed by atoms with Crippen molar-refractivity contribution < 1.29 is 24.2 Å². The third-order valence-corrected chi connectivity index (χ3v) is 7.36. The van der Waals surface area contributed by atoms with Crippen molar-refractivity contribution in [2.45, 2.75) is 148 Å². The van der Waals surface area contributed by atoms with Crippen LogP contribution in [0.15, 0.2) is 97.2 Å². The van der Waals surface area contributed by atoms with Gasteiger partial charge in [-0.1, -0.05) is 130 Å². The second-order valence-electron chi connectivity index (χ2n) is 11.9. The lowest BCUT2D eigenvalue weighted by molar-refractivity contribution is -0.161. The zero-order valence-corrected chi connectivity index (χ0v) is 30.5. The zero-order chi connectivity index (χ0) is 35.0. The summed E-state index contributed by atoms with van der Waals surface area (Å²) < 4.78 is 10.5. The van der Waals surface area contributed by atoms with Crippen LogP contribution in [0.3, 0.4) is 0 Å². The summed E-state index contributed by atoms with van der Waals surface area (Å²) in [5, 5.41) is 9.53. The smallest absolute Gasteiger partial charge is 0.306 e. The van der Waals surface area contributed by atoms with Crippen LogP contribution in [-0.2, 0) is 19.1 Å². The van der Waals surface area contributed by atoms with Gasteiger partial charge in [0.05, 0.1) is 6.61 Å². The Morgan fingerprint density at radius 1 is 0.500 bits per heavy atom. The van der Waals surface area contributed by atoms with E-state index < -0.39 is 6.10 Å². The van der Waals surface area contributed by atoms with Gasteiger partial charge in [0, 0.05) is 12.8 Å². The van der Waals surface area contributed by atoms with Crippen LogP contribution in [-0.4, -0.2) is 36.4 Å². The summed E-state index contributed by atoms with van der Waals surface area (Å²) in [5.74, 6) is -0.688. The van der Waals surface area contributed by atoms with E-state index in [1.54, 1.807) is 0 Å². The normalized spacial score (nSPS) is 13.3. The summed E-state index contributed by atoms with van der Waals surface area (Å²) in [7, 11) is 0. The Hall–Kier alpha value is -3.18. The first-order chi connectivity index (χ1) is 23.6. The van der Waals surface area contributed by atoms with Gasteiger partial charge in [-0.15, -0.1) is 0 Å². The van der Waals surface area contributed by atoms with E-state index in [2.05, 4.69) is 111 Å². The fourth-order valence-electron chi connectivity index (χ4n) is 4.53. The molecule has 0 aliphatic heterocycles. The minimum absolute atomic E-state index is 0.106. The first kappa shape index (κ1) is 44.8. The third kappa shape index (κ3) is 35.7. The molecule has 0 heterocycles. The maximum absolute atomic E-state index is 12.1. The second-order valence-corrected chi connectivity index (χ2v) is 11.9. The van der Waals surface area contributed by atoms with Gasteiger partial charge in [0.25, 0.3) is 0 Å². The lowest BCUT2D eigenvalue weighted by Gasteiger charge is -2.15. The maximum atomic E-state index is 12.1. The number of esters is 2. The zero-order valence-electron chi connectivity index (χ0n) is 30.5. The van der Waals surface area contributed by atoms with Gasteiger partial charge < -0.3 is 14.6 Å². The molecule has 0 saturated heterocycles. The molecule has 0 aromatic rings. The van der Waals surface area contributed by atoms with E-state index in [4.69, 9.17) is 9.47 Å². The van der Waals surface area contributed by atoms with E-state index in [0.717, 1.165) is 89.9 Å². The monoisotopic (exact) mass is 665 g/mol. The van der Waals surface area contributed by atoms with Crippen molar-refractivity contribution in [2.24, 2.45) is 0 Å². The number of rotatable bonds is 32. The molecule has 0 spiro atoms. The van der Waals surface area contributed by atoms with Crippen LogP contribution in [0.2, 0.25) is 0 Å². The van der Waals surface area contributed by atoms with Crippen molar-refractivity contribution in [3.05, 3.63) is 97.2 Å². The van der Waals surface area contributed by atoms with Gasteiger partial charge in [-0.3, -0.25) is 9.59 Å². The lowest BCUT2D eigenvalue weighted by Crippen LogP contribution is -2.28. The van der Waals surface area contributed by atoms with Gasteiger partial charge in [0.15, 0.2) is 6.10 Å². The Labute approximate surface area is 294 Å². The average Bonchev–Trinajstić information content (AvgIpc) is 3.09. The van der Waals surface area contributed by atoms with Gasteiger partial charge in [0.2, 0.25) is 0 Å². The van der Waals surface area contributed by atoms with Crippen molar-refractivity contribution >= 4 is 11.9 Å². The summed E-state index contributed by atoms with van der Waals surface area (Å²) in [6, 6.07) is 0. The number of hydrogen-bond acceptors (Lipinski definition) is 5. The molecule has 0 aromatic carbocycles. The lowest BCUT2D eigenvalue weighted by atomic mass is 10.1. The highest BCUT2D eigenvalue weighted by Gasteiger charge is 2.15. The quantitative estimate of drug-likeness (QED) is 0.0440.